The van der Waals surface area contributed by atoms with Crippen LogP contribution in [0.1, 0.15) is 42.5 Å². The van der Waals surface area contributed by atoms with Gasteiger partial charge in [-0.25, -0.2) is 17.6 Å². The number of amides is 1. The summed E-state index contributed by atoms with van der Waals surface area (Å²) in [6.07, 6.45) is 2.76. The van der Waals surface area contributed by atoms with E-state index in [1.165, 1.54) is 31.3 Å². The maximum absolute atomic E-state index is 17.2. The van der Waals surface area contributed by atoms with Gasteiger partial charge in [0.25, 0.3) is 5.91 Å². The predicted molar refractivity (Wildman–Crippen MR) is 168 cm³/mol. The summed E-state index contributed by atoms with van der Waals surface area (Å²) in [5.74, 6) is -4.10. The third-order valence-corrected chi connectivity index (χ3v) is 10.4. The number of nitrogens with zero attached hydrogens (tertiary/aromatic N) is 4. The number of rotatable bonds is 6. The fraction of sp³-hybridized carbons (Fsp3) is 0.441. The lowest BCUT2D eigenvalue weighted by Gasteiger charge is -2.35. The standard InChI is InChI=1S/C34H34F4N6O3/c1-39-32(46)26-25(22-11-21(45)10-17-4-2-5-23(36)24(17)22)29(38)30-27(28(26)37)31(43-14-19-6-7-20(15-43)40-19)42-33(41-30)47-16-34-8-3-9-44(34)13-18(35)12-34/h2,4-5,10-11,18-20,40,45H,3,6-9,12-16H2,1H3,(H,39,46)/t18-,19?,20?,34+/m1/s1. The van der Waals surface area contributed by atoms with Crippen LogP contribution in [0.4, 0.5) is 23.4 Å². The van der Waals surface area contributed by atoms with Gasteiger partial charge in [0.2, 0.25) is 0 Å². The highest BCUT2D eigenvalue weighted by atomic mass is 19.1. The van der Waals surface area contributed by atoms with E-state index in [0.717, 1.165) is 38.3 Å². The van der Waals surface area contributed by atoms with Gasteiger partial charge in [-0.1, -0.05) is 12.1 Å². The molecule has 9 nitrogen and oxygen atoms in total. The number of phenols is 1. The summed E-state index contributed by atoms with van der Waals surface area (Å²) in [5, 5.41) is 16.3. The van der Waals surface area contributed by atoms with Crippen molar-refractivity contribution in [2.75, 3.05) is 44.7 Å². The van der Waals surface area contributed by atoms with Crippen molar-refractivity contribution in [1.82, 2.24) is 25.5 Å². The highest BCUT2D eigenvalue weighted by Crippen LogP contribution is 2.44. The maximum atomic E-state index is 17.2. The molecule has 47 heavy (non-hydrogen) atoms. The van der Waals surface area contributed by atoms with Crippen LogP contribution in [0.15, 0.2) is 30.3 Å². The summed E-state index contributed by atoms with van der Waals surface area (Å²) in [6.45, 7) is 2.06. The minimum atomic E-state index is -1.09. The number of piperazine rings is 1. The molecule has 4 aliphatic rings. The van der Waals surface area contributed by atoms with E-state index in [2.05, 4.69) is 25.5 Å². The molecule has 5 heterocycles. The molecule has 3 N–H and O–H groups in total. The zero-order valence-electron chi connectivity index (χ0n) is 25.8. The van der Waals surface area contributed by atoms with Gasteiger partial charge in [0.15, 0.2) is 5.82 Å². The fourth-order valence-corrected chi connectivity index (χ4v) is 8.32. The van der Waals surface area contributed by atoms with Gasteiger partial charge in [-0.15, -0.1) is 0 Å². The third-order valence-electron chi connectivity index (χ3n) is 10.4. The smallest absolute Gasteiger partial charge is 0.319 e. The first-order valence-corrected chi connectivity index (χ1v) is 16.0. The van der Waals surface area contributed by atoms with Crippen LogP contribution in [0.5, 0.6) is 11.8 Å². The number of halogens is 4. The van der Waals surface area contributed by atoms with Crippen LogP contribution >= 0.6 is 0 Å². The molecule has 2 unspecified atom stereocenters. The number of carbonyl (C=O) groups excluding carboxylic acids is 1. The minimum absolute atomic E-state index is 0.0703. The summed E-state index contributed by atoms with van der Waals surface area (Å²) >= 11 is 0. The number of hydrogen-bond donors (Lipinski definition) is 3. The van der Waals surface area contributed by atoms with E-state index in [4.69, 9.17) is 4.74 Å². The lowest BCUT2D eigenvalue weighted by molar-refractivity contribution is 0.0959. The number of phenolic OH excluding ortho intramolecular Hbond substituents is 1. The van der Waals surface area contributed by atoms with Crippen molar-refractivity contribution in [2.45, 2.75) is 55.9 Å². The largest absolute Gasteiger partial charge is 0.508 e. The first-order chi connectivity index (χ1) is 22.7. The molecule has 8 rings (SSSR count). The van der Waals surface area contributed by atoms with Gasteiger partial charge < -0.3 is 25.4 Å². The van der Waals surface area contributed by atoms with Gasteiger partial charge in [0.1, 0.15) is 41.5 Å². The number of ether oxygens (including phenoxy) is 1. The van der Waals surface area contributed by atoms with Crippen LogP contribution in [-0.2, 0) is 0 Å². The van der Waals surface area contributed by atoms with E-state index in [-0.39, 0.29) is 58.0 Å². The molecule has 0 radical (unpaired) electrons. The van der Waals surface area contributed by atoms with Crippen LogP contribution in [0.3, 0.4) is 0 Å². The number of hydrogen-bond acceptors (Lipinski definition) is 8. The number of aromatic nitrogens is 2. The lowest BCUT2D eigenvalue weighted by atomic mass is 9.91. The second-order valence-corrected chi connectivity index (χ2v) is 13.2. The van der Waals surface area contributed by atoms with Crippen LogP contribution in [-0.4, -0.2) is 89.5 Å². The highest BCUT2D eigenvalue weighted by Gasteiger charge is 2.49. The molecule has 0 saturated carbocycles. The molecule has 4 atom stereocenters. The topological polar surface area (TPSA) is 103 Å². The summed E-state index contributed by atoms with van der Waals surface area (Å²) in [7, 11) is 1.29. The van der Waals surface area contributed by atoms with Gasteiger partial charge in [0, 0.05) is 61.7 Å². The SMILES string of the molecule is CNC(=O)c1c(-c2cc(O)cc3cccc(F)c23)c(F)c2nc(OC[C@@]34CCCN3C[C@H](F)C4)nc(N3CC4CCC(C3)N4)c2c1F. The van der Waals surface area contributed by atoms with Crippen molar-refractivity contribution in [2.24, 2.45) is 0 Å². The summed E-state index contributed by atoms with van der Waals surface area (Å²) in [4.78, 5) is 26.3. The predicted octanol–water partition coefficient (Wildman–Crippen LogP) is 4.83. The van der Waals surface area contributed by atoms with E-state index >= 15 is 13.2 Å². The van der Waals surface area contributed by atoms with Crippen LogP contribution in [0.25, 0.3) is 32.8 Å². The van der Waals surface area contributed by atoms with Gasteiger partial charge in [-0.2, -0.15) is 9.97 Å². The molecule has 4 fully saturated rings. The average Bonchev–Trinajstić information content (AvgIpc) is 3.70. The minimum Gasteiger partial charge on any atom is -0.508 e. The first kappa shape index (κ1) is 30.1. The number of carbonyl (C=O) groups is 1. The molecule has 3 aromatic carbocycles. The summed E-state index contributed by atoms with van der Waals surface area (Å²) in [5.41, 5.74) is -2.40. The quantitative estimate of drug-likeness (QED) is 0.255. The Kier molecular flexibility index (Phi) is 7.17. The van der Waals surface area contributed by atoms with Gasteiger partial charge in [-0.3, -0.25) is 9.69 Å². The van der Waals surface area contributed by atoms with Crippen molar-refractivity contribution in [3.05, 3.63) is 53.3 Å². The Balaban J connectivity index is 1.36. The molecule has 246 valence electrons. The molecular formula is C34H34F4N6O3. The molecule has 1 aromatic heterocycles. The second-order valence-electron chi connectivity index (χ2n) is 13.2. The van der Waals surface area contributed by atoms with Crippen LogP contribution in [0, 0.1) is 17.5 Å². The van der Waals surface area contributed by atoms with E-state index in [1.807, 2.05) is 4.90 Å². The summed E-state index contributed by atoms with van der Waals surface area (Å²) in [6, 6.07) is 6.56. The second kappa shape index (κ2) is 11.2. The van der Waals surface area contributed by atoms with E-state index in [9.17, 15) is 14.3 Å². The molecule has 2 bridgehead atoms. The number of alkyl halides is 1. The molecule has 0 spiro atoms. The Morgan fingerprint density at radius 2 is 1.89 bits per heavy atom. The van der Waals surface area contributed by atoms with Crippen molar-refractivity contribution in [1.29, 1.82) is 0 Å². The Morgan fingerprint density at radius 1 is 1.11 bits per heavy atom. The van der Waals surface area contributed by atoms with Gasteiger partial charge in [-0.05, 0) is 55.8 Å². The monoisotopic (exact) mass is 650 g/mol. The maximum Gasteiger partial charge on any atom is 0.319 e. The Morgan fingerprint density at radius 3 is 2.66 bits per heavy atom. The van der Waals surface area contributed by atoms with Gasteiger partial charge in [0.05, 0.1) is 16.5 Å². The Labute approximate surface area is 267 Å². The van der Waals surface area contributed by atoms with Crippen molar-refractivity contribution in [3.8, 4) is 22.9 Å². The van der Waals surface area contributed by atoms with E-state index in [0.29, 0.717) is 26.1 Å². The summed E-state index contributed by atoms with van der Waals surface area (Å²) < 4.78 is 70.3. The van der Waals surface area contributed by atoms with E-state index < -0.39 is 51.7 Å². The molecule has 13 heteroatoms. The van der Waals surface area contributed by atoms with E-state index in [1.54, 1.807) is 0 Å². The number of benzene rings is 3. The molecule has 1 amide bonds. The van der Waals surface area contributed by atoms with Gasteiger partial charge >= 0.3 is 6.01 Å². The zero-order valence-corrected chi connectivity index (χ0v) is 25.8. The third kappa shape index (κ3) is 4.85. The molecule has 0 aliphatic carbocycles. The number of anilines is 1. The molecule has 4 aliphatic heterocycles. The molecule has 4 saturated heterocycles. The Hall–Kier alpha value is -4.23. The molecular weight excluding hydrogens is 616 g/mol. The van der Waals surface area contributed by atoms with Crippen molar-refractivity contribution < 1.29 is 32.2 Å². The van der Waals surface area contributed by atoms with Crippen LogP contribution in [0.2, 0.25) is 0 Å². The normalized spacial score (nSPS) is 25.6. The Bertz CT molecular complexity index is 1930. The number of fused-ring (bicyclic) bond motifs is 5. The lowest BCUT2D eigenvalue weighted by Crippen LogP contribution is -2.51. The van der Waals surface area contributed by atoms with Crippen LogP contribution < -0.4 is 20.3 Å². The van der Waals surface area contributed by atoms with Crippen molar-refractivity contribution >= 4 is 33.4 Å². The number of aromatic hydroxyl groups is 1. The fourth-order valence-electron chi connectivity index (χ4n) is 8.32. The first-order valence-electron chi connectivity index (χ1n) is 16.0. The molecule has 4 aromatic rings. The zero-order chi connectivity index (χ0) is 32.6. The highest BCUT2D eigenvalue weighted by molar-refractivity contribution is 6.11. The van der Waals surface area contributed by atoms with Crippen molar-refractivity contribution in [3.63, 3.8) is 0 Å². The number of nitrogens with one attached hydrogen (secondary N) is 2. The average molecular weight is 651 g/mol.